The van der Waals surface area contributed by atoms with Crippen LogP contribution in [0.3, 0.4) is 0 Å². The first-order valence-electron chi connectivity index (χ1n) is 9.31. The molecule has 160 valence electrons. The van der Waals surface area contributed by atoms with Crippen LogP contribution in [0.1, 0.15) is 30.1 Å². The maximum atomic E-state index is 12.0. The van der Waals surface area contributed by atoms with Gasteiger partial charge in [0.05, 0.1) is 24.7 Å². The topological polar surface area (TPSA) is 88.8 Å². The van der Waals surface area contributed by atoms with Crippen molar-refractivity contribution < 1.29 is 8.42 Å². The molecule has 0 radical (unpaired) electrons. The van der Waals surface area contributed by atoms with Gasteiger partial charge in [-0.05, 0) is 42.8 Å². The highest BCUT2D eigenvalue weighted by Gasteiger charge is 2.30. The lowest BCUT2D eigenvalue weighted by molar-refractivity contribution is 0.309. The number of piperidine rings is 1. The minimum absolute atomic E-state index is 0.0597. The molecular weight excluding hydrogens is 467 g/mol. The molecule has 0 aliphatic carbocycles. The number of benzene rings is 1. The van der Waals surface area contributed by atoms with E-state index in [9.17, 15) is 8.42 Å². The fourth-order valence-corrected chi connectivity index (χ4v) is 5.29. The Morgan fingerprint density at radius 1 is 1.33 bits per heavy atom. The van der Waals surface area contributed by atoms with Crippen molar-refractivity contribution in [3.05, 3.63) is 56.8 Å². The molecule has 0 amide bonds. The van der Waals surface area contributed by atoms with Gasteiger partial charge in [0, 0.05) is 35.2 Å². The summed E-state index contributed by atoms with van der Waals surface area (Å²) in [7, 11) is -3.25. The maximum Gasteiger partial charge on any atom is 0.211 e. The van der Waals surface area contributed by atoms with Crippen LogP contribution >= 0.6 is 35.4 Å². The Hall–Kier alpha value is -1.72. The van der Waals surface area contributed by atoms with Crippen molar-refractivity contribution in [1.82, 2.24) is 28.9 Å². The van der Waals surface area contributed by atoms with Crippen LogP contribution in [-0.2, 0) is 16.6 Å². The van der Waals surface area contributed by atoms with E-state index in [1.54, 1.807) is 23.0 Å². The molecule has 1 fully saturated rings. The van der Waals surface area contributed by atoms with E-state index in [-0.39, 0.29) is 5.92 Å². The smallest absolute Gasteiger partial charge is 0.211 e. The van der Waals surface area contributed by atoms with Crippen LogP contribution in [0, 0.1) is 4.77 Å². The Kier molecular flexibility index (Phi) is 6.04. The fourth-order valence-electron chi connectivity index (χ4n) is 3.67. The Morgan fingerprint density at radius 2 is 2.13 bits per heavy atom. The monoisotopic (exact) mass is 486 g/mol. The minimum atomic E-state index is -3.25. The molecule has 0 bridgehead atoms. The zero-order valence-electron chi connectivity index (χ0n) is 16.1. The Morgan fingerprint density at radius 3 is 2.87 bits per heavy atom. The van der Waals surface area contributed by atoms with Crippen molar-refractivity contribution in [3.63, 3.8) is 0 Å². The second-order valence-corrected chi connectivity index (χ2v) is 10.5. The molecule has 1 aliphatic rings. The number of nitrogens with zero attached hydrogens (tertiary/aromatic N) is 5. The molecule has 0 spiro atoms. The number of aromatic nitrogens is 5. The van der Waals surface area contributed by atoms with Crippen LogP contribution in [0.25, 0.3) is 5.69 Å². The number of hydrogen-bond donors (Lipinski definition) is 1. The molecule has 8 nitrogen and oxygen atoms in total. The first-order chi connectivity index (χ1) is 14.2. The highest BCUT2D eigenvalue weighted by molar-refractivity contribution is 7.88. The molecule has 2 aromatic heterocycles. The third kappa shape index (κ3) is 4.47. The standard InChI is InChI=1S/C18H20Cl2N6O2S2/c1-30(27,28)25-6-2-3-13(10-25)17-22-23-18(29)26(17)15-8-21-24(11-15)9-12-4-5-14(19)7-16(12)20/h4-5,7-8,11,13H,2-3,6,9-10H2,1H3,(H,23,29)/t13-/m1/s1. The molecule has 3 aromatic rings. The number of halogens is 2. The van der Waals surface area contributed by atoms with Crippen LogP contribution < -0.4 is 0 Å². The van der Waals surface area contributed by atoms with E-state index in [2.05, 4.69) is 15.3 Å². The summed E-state index contributed by atoms with van der Waals surface area (Å²) in [6.45, 7) is 1.38. The predicted octanol–water partition coefficient (Wildman–Crippen LogP) is 3.62. The average molecular weight is 487 g/mol. The van der Waals surface area contributed by atoms with Gasteiger partial charge in [-0.1, -0.05) is 29.3 Å². The number of sulfonamides is 1. The van der Waals surface area contributed by atoms with Crippen LogP contribution in [-0.4, -0.2) is 56.6 Å². The molecule has 0 saturated carbocycles. The van der Waals surface area contributed by atoms with Crippen molar-refractivity contribution in [1.29, 1.82) is 0 Å². The first kappa shape index (κ1) is 21.5. The normalized spacial score (nSPS) is 18.0. The lowest BCUT2D eigenvalue weighted by atomic mass is 9.99. The van der Waals surface area contributed by atoms with E-state index in [1.165, 1.54) is 10.6 Å². The van der Waals surface area contributed by atoms with E-state index in [1.807, 2.05) is 16.8 Å². The van der Waals surface area contributed by atoms with Crippen molar-refractivity contribution in [2.75, 3.05) is 19.3 Å². The number of rotatable bonds is 5. The van der Waals surface area contributed by atoms with Crippen molar-refractivity contribution in [2.24, 2.45) is 0 Å². The van der Waals surface area contributed by atoms with E-state index in [0.717, 1.165) is 24.1 Å². The van der Waals surface area contributed by atoms with Gasteiger partial charge in [0.1, 0.15) is 5.82 Å². The molecule has 30 heavy (non-hydrogen) atoms. The van der Waals surface area contributed by atoms with Gasteiger partial charge in [0.25, 0.3) is 0 Å². The Balaban J connectivity index is 1.62. The summed E-state index contributed by atoms with van der Waals surface area (Å²) >= 11 is 17.7. The lowest BCUT2D eigenvalue weighted by Crippen LogP contribution is -2.39. The van der Waals surface area contributed by atoms with Crippen LogP contribution in [0.4, 0.5) is 0 Å². The zero-order chi connectivity index (χ0) is 21.5. The molecule has 1 aliphatic heterocycles. The van der Waals surface area contributed by atoms with E-state index in [0.29, 0.717) is 40.3 Å². The van der Waals surface area contributed by atoms with Crippen LogP contribution in [0.15, 0.2) is 30.6 Å². The number of hydrogen-bond acceptors (Lipinski definition) is 5. The highest BCUT2D eigenvalue weighted by Crippen LogP contribution is 2.29. The first-order valence-corrected chi connectivity index (χ1v) is 12.3. The highest BCUT2D eigenvalue weighted by atomic mass is 35.5. The van der Waals surface area contributed by atoms with E-state index < -0.39 is 10.0 Å². The molecule has 12 heteroatoms. The summed E-state index contributed by atoms with van der Waals surface area (Å²) < 4.78 is 29.5. The van der Waals surface area contributed by atoms with Gasteiger partial charge in [-0.25, -0.2) is 12.7 Å². The van der Waals surface area contributed by atoms with E-state index in [4.69, 9.17) is 35.4 Å². The Labute approximate surface area is 189 Å². The fraction of sp³-hybridized carbons (Fsp3) is 0.389. The molecule has 4 rings (SSSR count). The van der Waals surface area contributed by atoms with Crippen LogP contribution in [0.5, 0.6) is 0 Å². The van der Waals surface area contributed by atoms with Crippen molar-refractivity contribution >= 4 is 45.4 Å². The summed E-state index contributed by atoms with van der Waals surface area (Å²) in [5.74, 6) is 0.646. The molecule has 0 unspecified atom stereocenters. The largest absolute Gasteiger partial charge is 0.269 e. The predicted molar refractivity (Wildman–Crippen MR) is 118 cm³/mol. The SMILES string of the molecule is CS(=O)(=O)N1CCC[C@@H](c2n[nH]c(=S)n2-c2cnn(Cc3ccc(Cl)cc3Cl)c2)C1. The van der Waals surface area contributed by atoms with Gasteiger partial charge in [-0.15, -0.1) is 0 Å². The van der Waals surface area contributed by atoms with Gasteiger partial charge >= 0.3 is 0 Å². The van der Waals surface area contributed by atoms with Crippen molar-refractivity contribution in [2.45, 2.75) is 25.3 Å². The molecule has 1 atom stereocenters. The van der Waals surface area contributed by atoms with Gasteiger partial charge in [0.15, 0.2) is 4.77 Å². The van der Waals surface area contributed by atoms with Crippen LogP contribution in [0.2, 0.25) is 10.0 Å². The van der Waals surface area contributed by atoms with Gasteiger partial charge in [-0.3, -0.25) is 14.3 Å². The molecular formula is C18H20Cl2N6O2S2. The van der Waals surface area contributed by atoms with E-state index >= 15 is 0 Å². The average Bonchev–Trinajstić information content (AvgIpc) is 3.29. The minimum Gasteiger partial charge on any atom is -0.269 e. The second kappa shape index (κ2) is 8.43. The second-order valence-electron chi connectivity index (χ2n) is 7.31. The number of nitrogens with one attached hydrogen (secondary N) is 1. The number of aromatic amines is 1. The molecule has 1 N–H and O–H groups in total. The number of H-pyrrole nitrogens is 1. The van der Waals surface area contributed by atoms with Crippen molar-refractivity contribution in [3.8, 4) is 5.69 Å². The summed E-state index contributed by atoms with van der Waals surface area (Å²) in [4.78, 5) is 0. The Bertz CT molecular complexity index is 1230. The summed E-state index contributed by atoms with van der Waals surface area (Å²) in [5.41, 5.74) is 1.65. The molecule has 1 aromatic carbocycles. The summed E-state index contributed by atoms with van der Waals surface area (Å²) in [6.07, 6.45) is 6.40. The zero-order valence-corrected chi connectivity index (χ0v) is 19.3. The molecule has 3 heterocycles. The lowest BCUT2D eigenvalue weighted by Gasteiger charge is -2.30. The molecule has 1 saturated heterocycles. The van der Waals surface area contributed by atoms with Gasteiger partial charge in [0.2, 0.25) is 10.0 Å². The maximum absolute atomic E-state index is 12.0. The van der Waals surface area contributed by atoms with Gasteiger partial charge < -0.3 is 0 Å². The third-order valence-electron chi connectivity index (χ3n) is 5.14. The summed E-state index contributed by atoms with van der Waals surface area (Å²) in [5, 5.41) is 12.8. The quantitative estimate of drug-likeness (QED) is 0.556. The van der Waals surface area contributed by atoms with Gasteiger partial charge in [-0.2, -0.15) is 10.2 Å². The third-order valence-corrected chi connectivity index (χ3v) is 7.27. The summed E-state index contributed by atoms with van der Waals surface area (Å²) in [6, 6.07) is 5.35.